The van der Waals surface area contributed by atoms with Gasteiger partial charge in [0.05, 0.1) is 3.79 Å². The molecule has 2 rings (SSSR count). The van der Waals surface area contributed by atoms with E-state index in [1.807, 2.05) is 6.07 Å². The second kappa shape index (κ2) is 6.45. The van der Waals surface area contributed by atoms with E-state index < -0.39 is 0 Å². The van der Waals surface area contributed by atoms with Crippen molar-refractivity contribution in [2.45, 2.75) is 12.8 Å². The van der Waals surface area contributed by atoms with E-state index in [0.717, 1.165) is 22.2 Å². The quantitative estimate of drug-likeness (QED) is 0.882. The predicted octanol–water partition coefficient (Wildman–Crippen LogP) is 4.01. The fraction of sp³-hybridized carbons (Fsp3) is 0.286. The number of rotatable bonds is 5. The summed E-state index contributed by atoms with van der Waals surface area (Å²) in [4.78, 5) is 1.31. The molecule has 0 fully saturated rings. The lowest BCUT2D eigenvalue weighted by atomic mass is 9.95. The summed E-state index contributed by atoms with van der Waals surface area (Å²) in [6, 6.07) is 10.9. The van der Waals surface area contributed by atoms with Crippen LogP contribution in [0.15, 0.2) is 40.2 Å². The first-order valence-electron chi connectivity index (χ1n) is 5.86. The van der Waals surface area contributed by atoms with Crippen molar-refractivity contribution in [2.24, 2.45) is 11.7 Å². The molecule has 0 radical (unpaired) electrons. The summed E-state index contributed by atoms with van der Waals surface area (Å²) in [6.45, 7) is 0.617. The molecule has 18 heavy (non-hydrogen) atoms. The normalized spacial score (nSPS) is 12.6. The Labute approximate surface area is 119 Å². The standard InChI is InChI=1S/C14H15BrFNS/c15-14-5-4-13(18-14)8-11(9-17)6-10-2-1-3-12(16)7-10/h1-5,7,11H,6,8-9,17H2. The van der Waals surface area contributed by atoms with Crippen molar-refractivity contribution in [1.29, 1.82) is 0 Å². The molecule has 2 aromatic rings. The van der Waals surface area contributed by atoms with Crippen LogP contribution in [0, 0.1) is 11.7 Å². The van der Waals surface area contributed by atoms with Gasteiger partial charge >= 0.3 is 0 Å². The first kappa shape index (κ1) is 13.7. The molecule has 1 nitrogen and oxygen atoms in total. The van der Waals surface area contributed by atoms with Crippen molar-refractivity contribution in [3.05, 3.63) is 56.4 Å². The van der Waals surface area contributed by atoms with Gasteiger partial charge in [0.2, 0.25) is 0 Å². The molecule has 2 N–H and O–H groups in total. The van der Waals surface area contributed by atoms with Crippen molar-refractivity contribution < 1.29 is 4.39 Å². The Morgan fingerprint density at radius 1 is 1.22 bits per heavy atom. The Morgan fingerprint density at radius 3 is 2.67 bits per heavy atom. The van der Waals surface area contributed by atoms with Crippen LogP contribution in [0.2, 0.25) is 0 Å². The topological polar surface area (TPSA) is 26.0 Å². The van der Waals surface area contributed by atoms with Gasteiger partial charge in [0.1, 0.15) is 5.82 Å². The van der Waals surface area contributed by atoms with E-state index in [1.54, 1.807) is 23.5 Å². The molecule has 0 amide bonds. The summed E-state index contributed by atoms with van der Waals surface area (Å²) in [7, 11) is 0. The van der Waals surface area contributed by atoms with Crippen LogP contribution in [0.3, 0.4) is 0 Å². The highest BCUT2D eigenvalue weighted by atomic mass is 79.9. The monoisotopic (exact) mass is 327 g/mol. The van der Waals surface area contributed by atoms with Gasteiger partial charge in [0.25, 0.3) is 0 Å². The fourth-order valence-electron chi connectivity index (χ4n) is 1.98. The zero-order valence-corrected chi connectivity index (χ0v) is 12.3. The number of nitrogens with two attached hydrogens (primary N) is 1. The third kappa shape index (κ3) is 3.90. The van der Waals surface area contributed by atoms with Crippen LogP contribution in [0.1, 0.15) is 10.4 Å². The average molecular weight is 328 g/mol. The molecule has 1 unspecified atom stereocenters. The van der Waals surface area contributed by atoms with Crippen LogP contribution in [0.4, 0.5) is 4.39 Å². The highest BCUT2D eigenvalue weighted by molar-refractivity contribution is 9.11. The largest absolute Gasteiger partial charge is 0.330 e. The first-order chi connectivity index (χ1) is 8.67. The second-order valence-electron chi connectivity index (χ2n) is 4.35. The smallest absolute Gasteiger partial charge is 0.123 e. The van der Waals surface area contributed by atoms with Crippen LogP contribution in [0.5, 0.6) is 0 Å². The van der Waals surface area contributed by atoms with E-state index in [9.17, 15) is 4.39 Å². The molecule has 0 aliphatic carbocycles. The lowest BCUT2D eigenvalue weighted by molar-refractivity contribution is 0.534. The van der Waals surface area contributed by atoms with Crippen LogP contribution in [-0.2, 0) is 12.8 Å². The van der Waals surface area contributed by atoms with E-state index in [-0.39, 0.29) is 5.82 Å². The van der Waals surface area contributed by atoms with Gasteiger partial charge in [0.15, 0.2) is 0 Å². The molecule has 0 bridgehead atoms. The third-order valence-corrected chi connectivity index (χ3v) is 4.51. The van der Waals surface area contributed by atoms with Gasteiger partial charge in [-0.2, -0.15) is 0 Å². The predicted molar refractivity (Wildman–Crippen MR) is 78.4 cm³/mol. The Hall–Kier alpha value is -0.710. The van der Waals surface area contributed by atoms with Crippen LogP contribution >= 0.6 is 27.3 Å². The van der Waals surface area contributed by atoms with E-state index in [4.69, 9.17) is 5.73 Å². The van der Waals surface area contributed by atoms with Crippen molar-refractivity contribution in [1.82, 2.24) is 0 Å². The number of benzene rings is 1. The van der Waals surface area contributed by atoms with Crippen LogP contribution < -0.4 is 5.73 Å². The number of thiophene rings is 1. The number of hydrogen-bond acceptors (Lipinski definition) is 2. The van der Waals surface area contributed by atoms with Crippen molar-refractivity contribution in [3.8, 4) is 0 Å². The maximum atomic E-state index is 13.1. The summed E-state index contributed by atoms with van der Waals surface area (Å²) in [6.07, 6.45) is 1.77. The summed E-state index contributed by atoms with van der Waals surface area (Å²) >= 11 is 5.19. The highest BCUT2D eigenvalue weighted by Crippen LogP contribution is 2.25. The minimum Gasteiger partial charge on any atom is -0.330 e. The lowest BCUT2D eigenvalue weighted by Gasteiger charge is -2.13. The molecule has 0 spiro atoms. The maximum absolute atomic E-state index is 13.1. The molecular formula is C14H15BrFNS. The van der Waals surface area contributed by atoms with Crippen molar-refractivity contribution >= 4 is 27.3 Å². The Kier molecular flexibility index (Phi) is 4.92. The van der Waals surface area contributed by atoms with Crippen LogP contribution in [-0.4, -0.2) is 6.54 Å². The molecule has 1 atom stereocenters. The van der Waals surface area contributed by atoms with E-state index in [2.05, 4.69) is 28.1 Å². The summed E-state index contributed by atoms with van der Waals surface area (Å²) in [5.41, 5.74) is 6.83. The average Bonchev–Trinajstić information content (AvgIpc) is 2.74. The third-order valence-electron chi connectivity index (χ3n) is 2.87. The summed E-state index contributed by atoms with van der Waals surface area (Å²) in [5.74, 6) is 0.180. The summed E-state index contributed by atoms with van der Waals surface area (Å²) in [5, 5.41) is 0. The molecule has 1 heterocycles. The molecule has 1 aromatic heterocycles. The van der Waals surface area contributed by atoms with Crippen molar-refractivity contribution in [3.63, 3.8) is 0 Å². The SMILES string of the molecule is NCC(Cc1cccc(F)c1)Cc1ccc(Br)s1. The Bertz CT molecular complexity index is 512. The fourth-order valence-corrected chi connectivity index (χ4v) is 3.58. The van der Waals surface area contributed by atoms with Crippen LogP contribution in [0.25, 0.3) is 0 Å². The minimum absolute atomic E-state index is 0.179. The van der Waals surface area contributed by atoms with E-state index in [0.29, 0.717) is 12.5 Å². The van der Waals surface area contributed by atoms with Gasteiger partial charge in [-0.1, -0.05) is 12.1 Å². The van der Waals surface area contributed by atoms with E-state index >= 15 is 0 Å². The lowest BCUT2D eigenvalue weighted by Crippen LogP contribution is -2.19. The number of hydrogen-bond donors (Lipinski definition) is 1. The molecule has 0 aliphatic heterocycles. The molecule has 0 aliphatic rings. The van der Waals surface area contributed by atoms with Gasteiger partial charge in [-0.05, 0) is 71.1 Å². The zero-order valence-electron chi connectivity index (χ0n) is 9.90. The summed E-state index contributed by atoms with van der Waals surface area (Å²) < 4.78 is 14.3. The first-order valence-corrected chi connectivity index (χ1v) is 7.47. The molecule has 0 saturated heterocycles. The van der Waals surface area contributed by atoms with Gasteiger partial charge < -0.3 is 5.73 Å². The molecule has 96 valence electrons. The Morgan fingerprint density at radius 2 is 2.06 bits per heavy atom. The maximum Gasteiger partial charge on any atom is 0.123 e. The number of halogens is 2. The molecule has 0 saturated carbocycles. The van der Waals surface area contributed by atoms with Crippen molar-refractivity contribution in [2.75, 3.05) is 6.54 Å². The van der Waals surface area contributed by atoms with Gasteiger partial charge in [-0.3, -0.25) is 0 Å². The van der Waals surface area contributed by atoms with E-state index in [1.165, 1.54) is 10.9 Å². The van der Waals surface area contributed by atoms with Gasteiger partial charge in [0, 0.05) is 4.88 Å². The molecular weight excluding hydrogens is 313 g/mol. The Balaban J connectivity index is 2.01. The van der Waals surface area contributed by atoms with Gasteiger partial charge in [-0.15, -0.1) is 11.3 Å². The second-order valence-corrected chi connectivity index (χ2v) is 6.89. The molecule has 4 heteroatoms. The molecule has 1 aromatic carbocycles. The van der Waals surface area contributed by atoms with Gasteiger partial charge in [-0.25, -0.2) is 4.39 Å². The highest BCUT2D eigenvalue weighted by Gasteiger charge is 2.11. The zero-order chi connectivity index (χ0) is 13.0. The minimum atomic E-state index is -0.179.